The molecule has 132 valence electrons. The lowest BCUT2D eigenvalue weighted by molar-refractivity contribution is -0.119. The molecule has 0 saturated heterocycles. The first-order chi connectivity index (χ1) is 12.0. The lowest BCUT2D eigenvalue weighted by Gasteiger charge is -2.09. The van der Waals surface area contributed by atoms with Crippen molar-refractivity contribution in [3.63, 3.8) is 0 Å². The fourth-order valence-corrected chi connectivity index (χ4v) is 2.24. The van der Waals surface area contributed by atoms with Crippen molar-refractivity contribution in [3.8, 4) is 5.75 Å². The van der Waals surface area contributed by atoms with Gasteiger partial charge in [-0.1, -0.05) is 30.1 Å². The zero-order valence-corrected chi connectivity index (χ0v) is 15.1. The molecule has 0 fully saturated rings. The molecule has 1 N–H and O–H groups in total. The highest BCUT2D eigenvalue weighted by Gasteiger charge is 2.12. The molecule has 2 aromatic rings. The van der Waals surface area contributed by atoms with E-state index in [-0.39, 0.29) is 0 Å². The standard InChI is InChI=1S/C18H17Cl2NO4/c1-2-9-24-14-6-3-12(4-7-14)18(23)25-11-17(22)21-16-10-13(19)5-8-15(16)20/h3-8,10H,2,9,11H2,1H3,(H,21,22). The third-order valence-corrected chi connectivity index (χ3v) is 3.66. The van der Waals surface area contributed by atoms with Crippen LogP contribution in [0.2, 0.25) is 10.0 Å². The number of anilines is 1. The average Bonchev–Trinajstić information content (AvgIpc) is 2.61. The Morgan fingerprint density at radius 1 is 1.08 bits per heavy atom. The smallest absolute Gasteiger partial charge is 0.338 e. The van der Waals surface area contributed by atoms with Crippen LogP contribution in [0.1, 0.15) is 23.7 Å². The van der Waals surface area contributed by atoms with E-state index >= 15 is 0 Å². The van der Waals surface area contributed by atoms with Gasteiger partial charge in [0, 0.05) is 5.02 Å². The zero-order valence-electron chi connectivity index (χ0n) is 13.6. The van der Waals surface area contributed by atoms with E-state index in [2.05, 4.69) is 5.32 Å². The first-order valence-electron chi connectivity index (χ1n) is 7.64. The molecule has 0 saturated carbocycles. The molecule has 0 unspecified atom stereocenters. The number of hydrogen-bond donors (Lipinski definition) is 1. The van der Waals surface area contributed by atoms with E-state index in [1.54, 1.807) is 36.4 Å². The number of amides is 1. The van der Waals surface area contributed by atoms with Gasteiger partial charge in [0.1, 0.15) is 5.75 Å². The molecule has 2 rings (SSSR count). The predicted molar refractivity (Wildman–Crippen MR) is 97.6 cm³/mol. The van der Waals surface area contributed by atoms with Gasteiger partial charge in [0.05, 0.1) is 22.9 Å². The van der Waals surface area contributed by atoms with Gasteiger partial charge < -0.3 is 14.8 Å². The van der Waals surface area contributed by atoms with Gasteiger partial charge in [0.15, 0.2) is 6.61 Å². The lowest BCUT2D eigenvalue weighted by atomic mass is 10.2. The molecule has 0 heterocycles. The summed E-state index contributed by atoms with van der Waals surface area (Å²) in [5.41, 5.74) is 0.685. The molecular weight excluding hydrogens is 365 g/mol. The van der Waals surface area contributed by atoms with Crippen LogP contribution in [-0.2, 0) is 9.53 Å². The van der Waals surface area contributed by atoms with Crippen LogP contribution in [0.5, 0.6) is 5.75 Å². The van der Waals surface area contributed by atoms with Crippen LogP contribution < -0.4 is 10.1 Å². The maximum atomic E-state index is 12.0. The Kier molecular flexibility index (Phi) is 7.10. The highest BCUT2D eigenvalue weighted by molar-refractivity contribution is 6.35. The van der Waals surface area contributed by atoms with Crippen molar-refractivity contribution in [3.05, 3.63) is 58.1 Å². The van der Waals surface area contributed by atoms with Crippen molar-refractivity contribution in [1.82, 2.24) is 0 Å². The quantitative estimate of drug-likeness (QED) is 0.712. The Balaban J connectivity index is 1.86. The first kappa shape index (κ1) is 19.1. The van der Waals surface area contributed by atoms with Crippen molar-refractivity contribution < 1.29 is 19.1 Å². The number of rotatable bonds is 7. The Bertz CT molecular complexity index is 747. The van der Waals surface area contributed by atoms with Gasteiger partial charge in [-0.2, -0.15) is 0 Å². The fourth-order valence-electron chi connectivity index (χ4n) is 1.90. The van der Waals surface area contributed by atoms with Crippen LogP contribution in [0.3, 0.4) is 0 Å². The van der Waals surface area contributed by atoms with Gasteiger partial charge in [0.25, 0.3) is 5.91 Å². The van der Waals surface area contributed by atoms with Crippen molar-refractivity contribution in [2.24, 2.45) is 0 Å². The van der Waals surface area contributed by atoms with E-state index in [9.17, 15) is 9.59 Å². The SMILES string of the molecule is CCCOc1ccc(C(=O)OCC(=O)Nc2cc(Cl)ccc2Cl)cc1. The third-order valence-electron chi connectivity index (χ3n) is 3.10. The molecule has 2 aromatic carbocycles. The van der Waals surface area contributed by atoms with E-state index in [0.29, 0.717) is 33.7 Å². The third kappa shape index (κ3) is 5.96. The Morgan fingerprint density at radius 3 is 2.48 bits per heavy atom. The fraction of sp³-hybridized carbons (Fsp3) is 0.222. The molecule has 0 bridgehead atoms. The summed E-state index contributed by atoms with van der Waals surface area (Å²) in [6.07, 6.45) is 0.898. The lowest BCUT2D eigenvalue weighted by Crippen LogP contribution is -2.21. The summed E-state index contributed by atoms with van der Waals surface area (Å²) in [6, 6.07) is 11.2. The van der Waals surface area contributed by atoms with Crippen LogP contribution in [0.4, 0.5) is 5.69 Å². The van der Waals surface area contributed by atoms with Crippen molar-refractivity contribution in [2.45, 2.75) is 13.3 Å². The zero-order chi connectivity index (χ0) is 18.2. The summed E-state index contributed by atoms with van der Waals surface area (Å²) in [6.45, 7) is 2.18. The maximum Gasteiger partial charge on any atom is 0.338 e. The van der Waals surface area contributed by atoms with Gasteiger partial charge in [-0.05, 0) is 48.9 Å². The molecular formula is C18H17Cl2NO4. The first-order valence-corrected chi connectivity index (χ1v) is 8.40. The Labute approximate surface area is 155 Å². The molecule has 0 aliphatic rings. The van der Waals surface area contributed by atoms with Gasteiger partial charge >= 0.3 is 5.97 Å². The number of esters is 1. The van der Waals surface area contributed by atoms with Crippen LogP contribution >= 0.6 is 23.2 Å². The largest absolute Gasteiger partial charge is 0.494 e. The minimum atomic E-state index is -0.602. The summed E-state index contributed by atoms with van der Waals surface area (Å²) >= 11 is 11.8. The van der Waals surface area contributed by atoms with E-state index < -0.39 is 18.5 Å². The minimum Gasteiger partial charge on any atom is -0.494 e. The number of carbonyl (C=O) groups is 2. The summed E-state index contributed by atoms with van der Waals surface area (Å²) in [5, 5.41) is 3.31. The molecule has 0 spiro atoms. The summed E-state index contributed by atoms with van der Waals surface area (Å²) < 4.78 is 10.4. The second-order valence-corrected chi connectivity index (χ2v) is 5.96. The highest BCUT2D eigenvalue weighted by Crippen LogP contribution is 2.25. The number of hydrogen-bond acceptors (Lipinski definition) is 4. The van der Waals surface area contributed by atoms with Gasteiger partial charge in [0.2, 0.25) is 0 Å². The van der Waals surface area contributed by atoms with E-state index in [1.807, 2.05) is 6.92 Å². The average molecular weight is 382 g/mol. The highest BCUT2D eigenvalue weighted by atomic mass is 35.5. The molecule has 0 aromatic heterocycles. The minimum absolute atomic E-state index is 0.331. The summed E-state index contributed by atoms with van der Waals surface area (Å²) in [7, 11) is 0. The van der Waals surface area contributed by atoms with E-state index in [4.69, 9.17) is 32.7 Å². The van der Waals surface area contributed by atoms with Crippen LogP contribution in [0.25, 0.3) is 0 Å². The normalized spacial score (nSPS) is 10.2. The molecule has 1 amide bonds. The van der Waals surface area contributed by atoms with E-state index in [0.717, 1.165) is 6.42 Å². The summed E-state index contributed by atoms with van der Waals surface area (Å²) in [5.74, 6) is -0.443. The molecule has 0 aliphatic heterocycles. The topological polar surface area (TPSA) is 64.6 Å². The van der Waals surface area contributed by atoms with Crippen LogP contribution in [-0.4, -0.2) is 25.1 Å². The van der Waals surface area contributed by atoms with E-state index in [1.165, 1.54) is 6.07 Å². The number of nitrogens with one attached hydrogen (secondary N) is 1. The molecule has 0 atom stereocenters. The number of halogens is 2. The molecule has 7 heteroatoms. The second kappa shape index (κ2) is 9.30. The van der Waals surface area contributed by atoms with Crippen molar-refractivity contribution in [2.75, 3.05) is 18.5 Å². The van der Waals surface area contributed by atoms with Gasteiger partial charge in [-0.3, -0.25) is 4.79 Å². The van der Waals surface area contributed by atoms with Gasteiger partial charge in [-0.15, -0.1) is 0 Å². The number of benzene rings is 2. The molecule has 0 aliphatic carbocycles. The molecule has 5 nitrogen and oxygen atoms in total. The van der Waals surface area contributed by atoms with Crippen LogP contribution in [0.15, 0.2) is 42.5 Å². The summed E-state index contributed by atoms with van der Waals surface area (Å²) in [4.78, 5) is 23.8. The number of ether oxygens (including phenoxy) is 2. The van der Waals surface area contributed by atoms with Crippen molar-refractivity contribution in [1.29, 1.82) is 0 Å². The second-order valence-electron chi connectivity index (χ2n) is 5.12. The molecule has 0 radical (unpaired) electrons. The Hall–Kier alpha value is -2.24. The van der Waals surface area contributed by atoms with Crippen LogP contribution in [0, 0.1) is 0 Å². The van der Waals surface area contributed by atoms with Gasteiger partial charge in [-0.25, -0.2) is 4.79 Å². The molecule has 25 heavy (non-hydrogen) atoms. The monoisotopic (exact) mass is 381 g/mol. The predicted octanol–water partition coefficient (Wildman–Crippen LogP) is 4.58. The number of carbonyl (C=O) groups excluding carboxylic acids is 2. The maximum absolute atomic E-state index is 12.0. The Morgan fingerprint density at radius 2 is 1.80 bits per heavy atom. The van der Waals surface area contributed by atoms with Crippen molar-refractivity contribution >= 4 is 40.8 Å².